The smallest absolute Gasteiger partial charge is 0.262 e. The van der Waals surface area contributed by atoms with Gasteiger partial charge in [0.2, 0.25) is 0 Å². The van der Waals surface area contributed by atoms with Gasteiger partial charge in [-0.25, -0.2) is 8.42 Å². The van der Waals surface area contributed by atoms with Crippen molar-refractivity contribution in [2.24, 2.45) is 0 Å². The summed E-state index contributed by atoms with van der Waals surface area (Å²) in [7, 11) is -0.0412. The fourth-order valence-electron chi connectivity index (χ4n) is 2.79. The number of ether oxygens (including phenoxy) is 1. The zero-order chi connectivity index (χ0) is 19.3. The summed E-state index contributed by atoms with van der Waals surface area (Å²) in [4.78, 5) is 2.43. The van der Waals surface area contributed by atoms with Gasteiger partial charge in [-0.3, -0.25) is 4.72 Å². The molecule has 26 heavy (non-hydrogen) atoms. The number of anilines is 2. The molecule has 0 atom stereocenters. The first-order chi connectivity index (χ1) is 12.3. The monoisotopic (exact) mass is 376 g/mol. The van der Waals surface area contributed by atoms with Gasteiger partial charge >= 0.3 is 0 Å². The molecule has 1 N–H and O–H groups in total. The number of benzene rings is 2. The van der Waals surface area contributed by atoms with Crippen molar-refractivity contribution in [1.29, 1.82) is 0 Å². The van der Waals surface area contributed by atoms with Crippen LogP contribution >= 0.6 is 0 Å². The van der Waals surface area contributed by atoms with E-state index in [4.69, 9.17) is 4.74 Å². The number of hydrogen-bond donors (Lipinski definition) is 1. The quantitative estimate of drug-likeness (QED) is 0.744. The Morgan fingerprint density at radius 1 is 1.08 bits per heavy atom. The molecule has 0 amide bonds. The van der Waals surface area contributed by atoms with Gasteiger partial charge in [0.15, 0.2) is 0 Å². The van der Waals surface area contributed by atoms with Gasteiger partial charge in [0.05, 0.1) is 12.0 Å². The first kappa shape index (κ1) is 20.1. The first-order valence-corrected chi connectivity index (χ1v) is 10.3. The maximum atomic E-state index is 12.8. The molecule has 0 saturated heterocycles. The molecule has 0 fully saturated rings. The number of nitrogens with one attached hydrogen (secondary N) is 1. The molecule has 2 aromatic rings. The number of unbranched alkanes of at least 4 members (excludes halogenated alkanes) is 1. The molecule has 0 aliphatic rings. The SMILES string of the molecule is CCCCN(C)c1ccc(NS(=O)(=O)c2cc(C)c(OC)cc2C)cc1. The van der Waals surface area contributed by atoms with Crippen LogP contribution in [-0.4, -0.2) is 29.1 Å². The van der Waals surface area contributed by atoms with E-state index in [0.29, 0.717) is 17.0 Å². The fraction of sp³-hybridized carbons (Fsp3) is 0.400. The number of hydrogen-bond acceptors (Lipinski definition) is 4. The lowest BCUT2D eigenvalue weighted by Crippen LogP contribution is -2.18. The van der Waals surface area contributed by atoms with Crippen molar-refractivity contribution in [2.75, 3.05) is 30.3 Å². The minimum Gasteiger partial charge on any atom is -0.496 e. The van der Waals surface area contributed by atoms with Gasteiger partial charge in [0, 0.05) is 25.0 Å². The number of methoxy groups -OCH3 is 1. The summed E-state index contributed by atoms with van der Waals surface area (Å²) in [6.45, 7) is 6.74. The molecule has 0 spiro atoms. The molecule has 0 aromatic heterocycles. The number of aryl methyl sites for hydroxylation is 2. The van der Waals surface area contributed by atoms with E-state index < -0.39 is 10.0 Å². The predicted molar refractivity (Wildman–Crippen MR) is 108 cm³/mol. The third-order valence-corrected chi connectivity index (χ3v) is 5.91. The molecule has 0 unspecified atom stereocenters. The van der Waals surface area contributed by atoms with Crippen LogP contribution in [0.4, 0.5) is 11.4 Å². The molecule has 5 nitrogen and oxygen atoms in total. The molecular formula is C20H28N2O3S. The highest BCUT2D eigenvalue weighted by molar-refractivity contribution is 7.92. The van der Waals surface area contributed by atoms with E-state index in [9.17, 15) is 8.42 Å². The van der Waals surface area contributed by atoms with Gasteiger partial charge in [0.25, 0.3) is 10.0 Å². The molecule has 142 valence electrons. The van der Waals surface area contributed by atoms with Crippen LogP contribution in [0.5, 0.6) is 5.75 Å². The second kappa shape index (κ2) is 8.45. The Kier molecular flexibility index (Phi) is 6.53. The molecule has 0 saturated carbocycles. The number of sulfonamides is 1. The topological polar surface area (TPSA) is 58.6 Å². The molecule has 2 rings (SSSR count). The average molecular weight is 377 g/mol. The van der Waals surface area contributed by atoms with E-state index in [2.05, 4.69) is 16.5 Å². The standard InChI is InChI=1S/C20H28N2O3S/c1-6-7-12-22(4)18-10-8-17(9-11-18)21-26(23,24)20-14-15(2)19(25-5)13-16(20)3/h8-11,13-14,21H,6-7,12H2,1-5H3. The summed E-state index contributed by atoms with van der Waals surface area (Å²) in [6, 6.07) is 10.8. The van der Waals surface area contributed by atoms with Crippen molar-refractivity contribution in [1.82, 2.24) is 0 Å². The van der Waals surface area contributed by atoms with Crippen LogP contribution < -0.4 is 14.4 Å². The molecule has 0 bridgehead atoms. The summed E-state index contributed by atoms with van der Waals surface area (Å²) < 4.78 is 33.5. The van der Waals surface area contributed by atoms with Crippen LogP contribution in [0.2, 0.25) is 0 Å². The Morgan fingerprint density at radius 2 is 1.73 bits per heavy atom. The molecular weight excluding hydrogens is 348 g/mol. The Balaban J connectivity index is 2.21. The van der Waals surface area contributed by atoms with Gasteiger partial charge in [-0.05, 0) is 67.8 Å². The predicted octanol–water partition coefficient (Wildman–Crippen LogP) is 4.35. The van der Waals surface area contributed by atoms with Crippen molar-refractivity contribution in [2.45, 2.75) is 38.5 Å². The minimum absolute atomic E-state index is 0.264. The maximum absolute atomic E-state index is 12.8. The molecule has 0 aliphatic carbocycles. The van der Waals surface area contributed by atoms with Gasteiger partial charge < -0.3 is 9.64 Å². The van der Waals surface area contributed by atoms with E-state index in [1.165, 1.54) is 0 Å². The van der Waals surface area contributed by atoms with Gasteiger partial charge in [-0.2, -0.15) is 0 Å². The summed E-state index contributed by atoms with van der Waals surface area (Å²) in [5, 5.41) is 0. The van der Waals surface area contributed by atoms with Crippen LogP contribution in [0.3, 0.4) is 0 Å². The number of nitrogens with zero attached hydrogens (tertiary/aromatic N) is 1. The Labute approximate surface area is 157 Å². The molecule has 0 heterocycles. The van der Waals surface area contributed by atoms with Crippen LogP contribution in [0.25, 0.3) is 0 Å². The first-order valence-electron chi connectivity index (χ1n) is 8.77. The lowest BCUT2D eigenvalue weighted by atomic mass is 10.1. The van der Waals surface area contributed by atoms with E-state index in [0.717, 1.165) is 30.6 Å². The Hall–Kier alpha value is -2.21. The normalized spacial score (nSPS) is 11.3. The third kappa shape index (κ3) is 4.69. The Bertz CT molecular complexity index is 846. The third-order valence-electron chi connectivity index (χ3n) is 4.39. The van der Waals surface area contributed by atoms with Crippen LogP contribution in [0.15, 0.2) is 41.3 Å². The van der Waals surface area contributed by atoms with Gasteiger partial charge in [-0.1, -0.05) is 13.3 Å². The molecule has 6 heteroatoms. The zero-order valence-electron chi connectivity index (χ0n) is 16.2. The number of rotatable bonds is 8. The lowest BCUT2D eigenvalue weighted by molar-refractivity contribution is 0.411. The Morgan fingerprint density at radius 3 is 2.31 bits per heavy atom. The fourth-order valence-corrected chi connectivity index (χ4v) is 4.16. The minimum atomic E-state index is -3.66. The summed E-state index contributed by atoms with van der Waals surface area (Å²) >= 11 is 0. The molecule has 0 aliphatic heterocycles. The average Bonchev–Trinajstić information content (AvgIpc) is 2.61. The highest BCUT2D eigenvalue weighted by Crippen LogP contribution is 2.27. The van der Waals surface area contributed by atoms with Crippen molar-refractivity contribution in [3.63, 3.8) is 0 Å². The van der Waals surface area contributed by atoms with E-state index in [1.807, 2.05) is 26.1 Å². The van der Waals surface area contributed by atoms with E-state index in [-0.39, 0.29) is 4.90 Å². The van der Waals surface area contributed by atoms with Crippen LogP contribution in [0, 0.1) is 13.8 Å². The van der Waals surface area contributed by atoms with Gasteiger partial charge in [0.1, 0.15) is 5.75 Å². The maximum Gasteiger partial charge on any atom is 0.262 e. The highest BCUT2D eigenvalue weighted by atomic mass is 32.2. The van der Waals surface area contributed by atoms with Crippen LogP contribution in [0.1, 0.15) is 30.9 Å². The van der Waals surface area contributed by atoms with Crippen LogP contribution in [-0.2, 0) is 10.0 Å². The van der Waals surface area contributed by atoms with E-state index >= 15 is 0 Å². The molecule has 0 radical (unpaired) electrons. The van der Waals surface area contributed by atoms with Crippen molar-refractivity contribution < 1.29 is 13.2 Å². The second-order valence-corrected chi connectivity index (χ2v) is 8.17. The second-order valence-electron chi connectivity index (χ2n) is 6.51. The lowest BCUT2D eigenvalue weighted by Gasteiger charge is -2.19. The van der Waals surface area contributed by atoms with Gasteiger partial charge in [-0.15, -0.1) is 0 Å². The molecule has 2 aromatic carbocycles. The highest BCUT2D eigenvalue weighted by Gasteiger charge is 2.19. The summed E-state index contributed by atoms with van der Waals surface area (Å²) in [5.41, 5.74) is 3.05. The van der Waals surface area contributed by atoms with Crippen molar-refractivity contribution in [3.05, 3.63) is 47.5 Å². The summed E-state index contributed by atoms with van der Waals surface area (Å²) in [6.07, 6.45) is 2.27. The summed E-state index contributed by atoms with van der Waals surface area (Å²) in [5.74, 6) is 0.681. The zero-order valence-corrected chi connectivity index (χ0v) is 17.0. The van der Waals surface area contributed by atoms with Crippen molar-refractivity contribution >= 4 is 21.4 Å². The van der Waals surface area contributed by atoms with E-state index in [1.54, 1.807) is 38.3 Å². The largest absolute Gasteiger partial charge is 0.496 e. The van der Waals surface area contributed by atoms with Crippen molar-refractivity contribution in [3.8, 4) is 5.75 Å².